The molecule has 1 saturated heterocycles. The summed E-state index contributed by atoms with van der Waals surface area (Å²) in [5.41, 5.74) is 3.57. The largest absolute Gasteiger partial charge is 0.390 e. The van der Waals surface area contributed by atoms with E-state index in [2.05, 4.69) is 57.4 Å². The van der Waals surface area contributed by atoms with E-state index in [-0.39, 0.29) is 18.5 Å². The van der Waals surface area contributed by atoms with E-state index in [1.165, 1.54) is 11.3 Å². The third kappa shape index (κ3) is 4.33. The molecule has 2 heterocycles. The predicted molar refractivity (Wildman–Crippen MR) is 105 cm³/mol. The van der Waals surface area contributed by atoms with E-state index in [1.54, 1.807) is 0 Å². The molecule has 0 N–H and O–H groups in total. The molecule has 2 aromatic carbocycles. The van der Waals surface area contributed by atoms with Gasteiger partial charge in [0.05, 0.1) is 5.71 Å². The van der Waals surface area contributed by atoms with Crippen molar-refractivity contribution in [3.8, 4) is 0 Å². The van der Waals surface area contributed by atoms with Gasteiger partial charge in [0.25, 0.3) is 0 Å². The van der Waals surface area contributed by atoms with Crippen LogP contribution in [-0.2, 0) is 4.84 Å². The summed E-state index contributed by atoms with van der Waals surface area (Å²) >= 11 is 0. The second kappa shape index (κ2) is 8.37. The number of hydrogen-bond donors (Lipinski definition) is 0. The number of nitrogens with zero attached hydrogens (tertiary/aromatic N) is 3. The Kier molecular flexibility index (Phi) is 5.95. The molecule has 4 rings (SSSR count). The standard InChI is InChI=1S/C20H23N3O.ClH/c1-3-7-17(8-4-1)20-15-19(24-21-20)16-22-11-13-23(14-12-22)18-9-5-2-6-10-18;/h1-10,19H,11-16H2;1H. The van der Waals surface area contributed by atoms with Crippen LogP contribution < -0.4 is 4.90 Å². The van der Waals surface area contributed by atoms with E-state index < -0.39 is 0 Å². The first-order chi connectivity index (χ1) is 11.9. The highest BCUT2D eigenvalue weighted by Crippen LogP contribution is 2.19. The molecule has 25 heavy (non-hydrogen) atoms. The van der Waals surface area contributed by atoms with Crippen molar-refractivity contribution < 1.29 is 4.84 Å². The van der Waals surface area contributed by atoms with E-state index in [4.69, 9.17) is 4.84 Å². The van der Waals surface area contributed by atoms with Crippen molar-refractivity contribution in [1.29, 1.82) is 0 Å². The number of halogens is 1. The lowest BCUT2D eigenvalue weighted by Gasteiger charge is -2.36. The second-order valence-electron chi connectivity index (χ2n) is 6.46. The third-order valence-corrected chi connectivity index (χ3v) is 4.80. The van der Waals surface area contributed by atoms with Gasteiger partial charge in [0.15, 0.2) is 0 Å². The molecule has 1 unspecified atom stereocenters. The Balaban J connectivity index is 0.00000182. The molecular formula is C20H24ClN3O. The van der Waals surface area contributed by atoms with Crippen molar-refractivity contribution >= 4 is 23.8 Å². The van der Waals surface area contributed by atoms with Crippen LogP contribution in [0.2, 0.25) is 0 Å². The van der Waals surface area contributed by atoms with Crippen LogP contribution in [0.3, 0.4) is 0 Å². The molecule has 0 radical (unpaired) electrons. The molecular weight excluding hydrogens is 334 g/mol. The molecule has 1 atom stereocenters. The summed E-state index contributed by atoms with van der Waals surface area (Å²) in [5, 5.41) is 4.29. The van der Waals surface area contributed by atoms with Gasteiger partial charge in [-0.3, -0.25) is 4.90 Å². The number of para-hydroxylation sites is 1. The van der Waals surface area contributed by atoms with Gasteiger partial charge in [0.1, 0.15) is 6.10 Å². The molecule has 2 aliphatic rings. The van der Waals surface area contributed by atoms with Gasteiger partial charge in [0, 0.05) is 44.8 Å². The van der Waals surface area contributed by atoms with Crippen LogP contribution in [0.25, 0.3) is 0 Å². The van der Waals surface area contributed by atoms with Crippen LogP contribution in [0.1, 0.15) is 12.0 Å². The van der Waals surface area contributed by atoms with Crippen LogP contribution in [-0.4, -0.2) is 49.4 Å². The quantitative estimate of drug-likeness (QED) is 0.839. The maximum Gasteiger partial charge on any atom is 0.145 e. The number of piperazine rings is 1. The highest BCUT2D eigenvalue weighted by atomic mass is 35.5. The minimum atomic E-state index is 0. The van der Waals surface area contributed by atoms with E-state index in [0.29, 0.717) is 0 Å². The smallest absolute Gasteiger partial charge is 0.145 e. The van der Waals surface area contributed by atoms with E-state index in [0.717, 1.165) is 44.9 Å². The first-order valence-corrected chi connectivity index (χ1v) is 8.69. The number of rotatable bonds is 4. The molecule has 0 saturated carbocycles. The first kappa shape index (κ1) is 17.8. The third-order valence-electron chi connectivity index (χ3n) is 4.80. The van der Waals surface area contributed by atoms with Crippen molar-refractivity contribution in [3.63, 3.8) is 0 Å². The van der Waals surface area contributed by atoms with Gasteiger partial charge >= 0.3 is 0 Å². The molecule has 5 heteroatoms. The van der Waals surface area contributed by atoms with Gasteiger partial charge in [-0.25, -0.2) is 0 Å². The summed E-state index contributed by atoms with van der Waals surface area (Å²) in [4.78, 5) is 10.6. The Morgan fingerprint density at radius 2 is 1.52 bits per heavy atom. The van der Waals surface area contributed by atoms with E-state index in [1.807, 2.05) is 18.2 Å². The normalized spacial score (nSPS) is 20.6. The zero-order valence-corrected chi connectivity index (χ0v) is 15.1. The Bertz CT molecular complexity index is 685. The summed E-state index contributed by atoms with van der Waals surface area (Å²) in [6, 6.07) is 21.0. The molecule has 2 aromatic rings. The SMILES string of the molecule is Cl.c1ccc(C2=NOC(CN3CCN(c4ccccc4)CC3)C2)cc1. The van der Waals surface area contributed by atoms with Crippen LogP contribution >= 0.6 is 12.4 Å². The molecule has 0 amide bonds. The van der Waals surface area contributed by atoms with Gasteiger partial charge < -0.3 is 9.74 Å². The zero-order chi connectivity index (χ0) is 16.2. The summed E-state index contributed by atoms with van der Waals surface area (Å²) in [6.07, 6.45) is 1.09. The fraction of sp³-hybridized carbons (Fsp3) is 0.350. The monoisotopic (exact) mass is 357 g/mol. The summed E-state index contributed by atoms with van der Waals surface area (Å²) in [7, 11) is 0. The highest BCUT2D eigenvalue weighted by Gasteiger charge is 2.26. The van der Waals surface area contributed by atoms with Crippen molar-refractivity contribution in [1.82, 2.24) is 4.90 Å². The van der Waals surface area contributed by atoms with Crippen molar-refractivity contribution in [2.45, 2.75) is 12.5 Å². The average molecular weight is 358 g/mol. The second-order valence-corrected chi connectivity index (χ2v) is 6.46. The highest BCUT2D eigenvalue weighted by molar-refractivity contribution is 6.01. The van der Waals surface area contributed by atoms with Crippen LogP contribution in [0.4, 0.5) is 5.69 Å². The van der Waals surface area contributed by atoms with E-state index in [9.17, 15) is 0 Å². The van der Waals surface area contributed by atoms with Crippen LogP contribution in [0, 0.1) is 0 Å². The van der Waals surface area contributed by atoms with Gasteiger partial charge in [-0.1, -0.05) is 53.7 Å². The molecule has 2 aliphatic heterocycles. The van der Waals surface area contributed by atoms with E-state index >= 15 is 0 Å². The minimum Gasteiger partial charge on any atom is -0.390 e. The van der Waals surface area contributed by atoms with Crippen molar-refractivity contribution in [2.75, 3.05) is 37.6 Å². The number of benzene rings is 2. The molecule has 4 nitrogen and oxygen atoms in total. The van der Waals surface area contributed by atoms with Crippen LogP contribution in [0.15, 0.2) is 65.8 Å². The Labute approximate surface area is 155 Å². The maximum absolute atomic E-state index is 5.67. The lowest BCUT2D eigenvalue weighted by Crippen LogP contribution is -2.48. The summed E-state index contributed by atoms with van der Waals surface area (Å²) in [5.74, 6) is 0. The molecule has 0 bridgehead atoms. The fourth-order valence-electron chi connectivity index (χ4n) is 3.44. The number of oxime groups is 1. The Morgan fingerprint density at radius 1 is 0.880 bits per heavy atom. The van der Waals surface area contributed by atoms with Crippen molar-refractivity contribution in [3.05, 3.63) is 66.2 Å². The molecule has 0 spiro atoms. The molecule has 132 valence electrons. The van der Waals surface area contributed by atoms with Gasteiger partial charge in [0.2, 0.25) is 0 Å². The number of hydrogen-bond acceptors (Lipinski definition) is 4. The maximum atomic E-state index is 5.67. The zero-order valence-electron chi connectivity index (χ0n) is 14.3. The van der Waals surface area contributed by atoms with Gasteiger partial charge in [-0.2, -0.15) is 0 Å². The Morgan fingerprint density at radius 3 is 2.20 bits per heavy atom. The Hall–Kier alpha value is -2.04. The summed E-state index contributed by atoms with van der Waals surface area (Å²) < 4.78 is 0. The van der Waals surface area contributed by atoms with Gasteiger partial charge in [-0.15, -0.1) is 12.4 Å². The lowest BCUT2D eigenvalue weighted by molar-refractivity contribution is 0.0510. The van der Waals surface area contributed by atoms with Gasteiger partial charge in [-0.05, 0) is 17.7 Å². The van der Waals surface area contributed by atoms with Crippen LogP contribution in [0.5, 0.6) is 0 Å². The lowest BCUT2D eigenvalue weighted by atomic mass is 10.0. The fourth-order valence-corrected chi connectivity index (χ4v) is 3.44. The predicted octanol–water partition coefficient (Wildman–Crippen LogP) is 3.42. The van der Waals surface area contributed by atoms with Crippen molar-refractivity contribution in [2.24, 2.45) is 5.16 Å². The minimum absolute atomic E-state index is 0. The topological polar surface area (TPSA) is 28.1 Å². The molecule has 1 fully saturated rings. The average Bonchev–Trinajstić information content (AvgIpc) is 3.12. The summed E-state index contributed by atoms with van der Waals surface area (Å²) in [6.45, 7) is 5.26. The number of anilines is 1. The first-order valence-electron chi connectivity index (χ1n) is 8.69. The molecule has 0 aromatic heterocycles. The molecule has 0 aliphatic carbocycles.